The van der Waals surface area contributed by atoms with Gasteiger partial charge in [-0.25, -0.2) is 18.8 Å². The molecule has 1 saturated carbocycles. The number of anilines is 1. The molecule has 2 heterocycles. The Hall–Kier alpha value is -2.96. The van der Waals surface area contributed by atoms with E-state index in [1.54, 1.807) is 12.3 Å². The minimum Gasteiger partial charge on any atom is -0.383 e. The molecule has 2 aromatic rings. The number of nitrogens with one attached hydrogen (secondary N) is 2. The summed E-state index contributed by atoms with van der Waals surface area (Å²) in [5.74, 6) is 0.177. The fraction of sp³-hybridized carbons (Fsp3) is 0.409. The highest BCUT2D eigenvalue weighted by atomic mass is 32.2. The van der Waals surface area contributed by atoms with Crippen LogP contribution in [-0.2, 0) is 17.5 Å². The van der Waals surface area contributed by atoms with Crippen LogP contribution in [0.15, 0.2) is 45.1 Å². The Morgan fingerprint density at radius 3 is 2.77 bits per heavy atom. The first-order valence-electron chi connectivity index (χ1n) is 10.4. The lowest BCUT2D eigenvalue weighted by Gasteiger charge is -2.24. The molecule has 0 amide bonds. The third-order valence-electron chi connectivity index (χ3n) is 5.60. The number of fused-ring (bicyclic) bond motifs is 1. The van der Waals surface area contributed by atoms with Crippen molar-refractivity contribution in [3.63, 3.8) is 0 Å². The van der Waals surface area contributed by atoms with Crippen molar-refractivity contribution in [3.05, 3.63) is 51.9 Å². The highest BCUT2D eigenvalue weighted by Gasteiger charge is 2.25. The summed E-state index contributed by atoms with van der Waals surface area (Å²) in [5.41, 5.74) is 8.76. The average molecular weight is 441 g/mol. The zero-order valence-corrected chi connectivity index (χ0v) is 18.5. The molecule has 164 valence electrons. The molecule has 1 atom stereocenters. The van der Waals surface area contributed by atoms with E-state index < -0.39 is 11.0 Å². The van der Waals surface area contributed by atoms with Crippen LogP contribution in [0.4, 0.5) is 11.4 Å². The number of benzene rings is 1. The van der Waals surface area contributed by atoms with Crippen LogP contribution in [0.25, 0.3) is 0 Å². The van der Waals surface area contributed by atoms with Crippen LogP contribution < -0.4 is 16.6 Å². The second kappa shape index (κ2) is 10.4. The molecule has 1 aromatic carbocycles. The number of amidine groups is 1. The smallest absolute Gasteiger partial charge is 0.261 e. The van der Waals surface area contributed by atoms with Gasteiger partial charge < -0.3 is 16.0 Å². The van der Waals surface area contributed by atoms with Gasteiger partial charge in [0, 0.05) is 31.9 Å². The number of rotatable bonds is 5. The molecule has 2 aliphatic rings. The van der Waals surface area contributed by atoms with Crippen molar-refractivity contribution in [2.45, 2.75) is 56.5 Å². The van der Waals surface area contributed by atoms with Crippen LogP contribution in [-0.4, -0.2) is 31.9 Å². The van der Waals surface area contributed by atoms with Crippen molar-refractivity contribution in [2.75, 3.05) is 11.9 Å². The summed E-state index contributed by atoms with van der Waals surface area (Å²) in [4.78, 5) is 20.6. The minimum absolute atomic E-state index is 0.177. The van der Waals surface area contributed by atoms with Gasteiger partial charge in [-0.05, 0) is 42.7 Å². The van der Waals surface area contributed by atoms with Crippen LogP contribution in [0.1, 0.15) is 50.2 Å². The summed E-state index contributed by atoms with van der Waals surface area (Å²) in [7, 11) is -1.12. The normalized spacial score (nSPS) is 19.3. The van der Waals surface area contributed by atoms with Crippen LogP contribution >= 0.6 is 0 Å². The van der Waals surface area contributed by atoms with Crippen LogP contribution in [0.5, 0.6) is 0 Å². The molecule has 9 heteroatoms. The summed E-state index contributed by atoms with van der Waals surface area (Å²) < 4.78 is 14.3. The van der Waals surface area contributed by atoms with Gasteiger partial charge in [0.25, 0.3) is 5.56 Å². The average Bonchev–Trinajstić information content (AvgIpc) is 3.11. The van der Waals surface area contributed by atoms with Crippen molar-refractivity contribution in [2.24, 2.45) is 10.7 Å². The molecule has 1 aliphatic carbocycles. The van der Waals surface area contributed by atoms with Gasteiger partial charge in [0.05, 0.1) is 16.3 Å². The van der Waals surface area contributed by atoms with Gasteiger partial charge in [0.15, 0.2) is 0 Å². The first kappa shape index (κ1) is 22.7. The van der Waals surface area contributed by atoms with Crippen molar-refractivity contribution < 1.29 is 4.21 Å². The standard InChI is InChI=1S/C21H27N5O2S.CHN/c1-2-26-13-14-12-16(8-9-18(14)29(26)28)25-20(22)19-17(10-11-23-21(19)27)24-15-6-4-3-5-7-15;1-2/h8-12,15H,2-7,13H2,1H3,(H2,22,25)(H2,23,24,27);1H. The predicted octanol–water partition coefficient (Wildman–Crippen LogP) is 3.15. The van der Waals surface area contributed by atoms with E-state index in [4.69, 9.17) is 11.0 Å². The van der Waals surface area contributed by atoms with E-state index in [9.17, 15) is 9.00 Å². The molecule has 31 heavy (non-hydrogen) atoms. The topological polar surface area (TPSA) is 127 Å². The molecule has 4 N–H and O–H groups in total. The van der Waals surface area contributed by atoms with Gasteiger partial charge in [0.2, 0.25) is 0 Å². The number of H-pyrrole nitrogens is 1. The van der Waals surface area contributed by atoms with E-state index in [0.717, 1.165) is 35.5 Å². The van der Waals surface area contributed by atoms with E-state index in [0.29, 0.717) is 23.8 Å². The number of pyridine rings is 1. The lowest BCUT2D eigenvalue weighted by atomic mass is 9.95. The number of aliphatic imine (C=N–C) groups is 1. The summed E-state index contributed by atoms with van der Waals surface area (Å²) in [5, 5.41) is 9.99. The van der Waals surface area contributed by atoms with Crippen molar-refractivity contribution in [1.29, 1.82) is 5.26 Å². The number of nitriles is 1. The number of hydrogen-bond acceptors (Lipinski definition) is 5. The highest BCUT2D eigenvalue weighted by Crippen LogP contribution is 2.30. The zero-order chi connectivity index (χ0) is 22.4. The molecule has 0 radical (unpaired) electrons. The lowest BCUT2D eigenvalue weighted by Crippen LogP contribution is -2.29. The molecule has 0 bridgehead atoms. The maximum atomic E-state index is 12.5. The monoisotopic (exact) mass is 440 g/mol. The van der Waals surface area contributed by atoms with E-state index in [1.807, 2.05) is 29.4 Å². The van der Waals surface area contributed by atoms with Gasteiger partial charge in [0.1, 0.15) is 22.4 Å². The van der Waals surface area contributed by atoms with Gasteiger partial charge >= 0.3 is 0 Å². The van der Waals surface area contributed by atoms with Crippen LogP contribution in [0, 0.1) is 11.8 Å². The summed E-state index contributed by atoms with van der Waals surface area (Å²) in [6.45, 7) is 6.84. The summed E-state index contributed by atoms with van der Waals surface area (Å²) in [6, 6.07) is 7.74. The highest BCUT2D eigenvalue weighted by molar-refractivity contribution is 7.83. The fourth-order valence-electron chi connectivity index (χ4n) is 4.06. The van der Waals surface area contributed by atoms with E-state index >= 15 is 0 Å². The number of aromatic nitrogens is 1. The van der Waals surface area contributed by atoms with Gasteiger partial charge in [-0.1, -0.05) is 26.2 Å². The van der Waals surface area contributed by atoms with Gasteiger partial charge in [-0.15, -0.1) is 0 Å². The predicted molar refractivity (Wildman–Crippen MR) is 124 cm³/mol. The molecular weight excluding hydrogens is 412 g/mol. The quantitative estimate of drug-likeness (QED) is 0.486. The maximum absolute atomic E-state index is 12.5. The molecule has 8 nitrogen and oxygen atoms in total. The molecule has 0 spiro atoms. The Morgan fingerprint density at radius 2 is 2.06 bits per heavy atom. The van der Waals surface area contributed by atoms with E-state index in [2.05, 4.69) is 21.9 Å². The number of hydrogen-bond donors (Lipinski definition) is 3. The van der Waals surface area contributed by atoms with E-state index in [1.165, 1.54) is 19.3 Å². The fourth-order valence-corrected chi connectivity index (χ4v) is 5.36. The number of nitrogens with zero attached hydrogens (tertiary/aromatic N) is 3. The number of aromatic amines is 1. The molecule has 4 rings (SSSR count). The minimum atomic E-state index is -1.12. The molecule has 1 fully saturated rings. The molecule has 1 unspecified atom stereocenters. The van der Waals surface area contributed by atoms with E-state index in [-0.39, 0.29) is 11.4 Å². The van der Waals surface area contributed by atoms with Gasteiger partial charge in [-0.2, -0.15) is 0 Å². The maximum Gasteiger partial charge on any atom is 0.261 e. The second-order valence-electron chi connectivity index (χ2n) is 7.57. The van der Waals surface area contributed by atoms with Crippen LogP contribution in [0.3, 0.4) is 0 Å². The third-order valence-corrected chi connectivity index (χ3v) is 7.23. The third kappa shape index (κ3) is 5.03. The Bertz CT molecular complexity index is 1060. The summed E-state index contributed by atoms with van der Waals surface area (Å²) >= 11 is 0. The second-order valence-corrected chi connectivity index (χ2v) is 9.02. The van der Waals surface area contributed by atoms with Gasteiger partial charge in [-0.3, -0.25) is 4.79 Å². The molecule has 1 aromatic heterocycles. The first-order chi connectivity index (χ1) is 15.1. The molecule has 1 aliphatic heterocycles. The SMILES string of the molecule is C#N.CCN1Cc2cc(N=C(N)c3c(NC4CCCCC4)cc[nH]c3=O)ccc2S1=O. The lowest BCUT2D eigenvalue weighted by molar-refractivity contribution is 0.462. The largest absolute Gasteiger partial charge is 0.383 e. The number of nitrogens with two attached hydrogens (primary N) is 1. The Kier molecular flexibility index (Phi) is 7.60. The molecule has 0 saturated heterocycles. The van der Waals surface area contributed by atoms with Crippen LogP contribution in [0.2, 0.25) is 0 Å². The Balaban J connectivity index is 0.00000132. The van der Waals surface area contributed by atoms with Crippen molar-refractivity contribution in [3.8, 4) is 6.57 Å². The Morgan fingerprint density at radius 1 is 1.32 bits per heavy atom. The van der Waals surface area contributed by atoms with Crippen molar-refractivity contribution in [1.82, 2.24) is 9.29 Å². The zero-order valence-electron chi connectivity index (χ0n) is 17.6. The Labute approximate surface area is 184 Å². The van der Waals surface area contributed by atoms with Crippen molar-refractivity contribution >= 4 is 28.2 Å². The summed E-state index contributed by atoms with van der Waals surface area (Å²) in [6.07, 6.45) is 7.49. The first-order valence-corrected chi connectivity index (χ1v) is 11.6. The molecular formula is C22H28N6O2S.